The average Bonchev–Trinajstić information content (AvgIpc) is 3.95. The van der Waals surface area contributed by atoms with Crippen molar-refractivity contribution in [1.82, 2.24) is 9.13 Å². The third-order valence-electron chi connectivity index (χ3n) is 13.5. The summed E-state index contributed by atoms with van der Waals surface area (Å²) in [5, 5.41) is 21.5. The average molecular weight is 974 g/mol. The summed E-state index contributed by atoms with van der Waals surface area (Å²) < 4.78 is 4.79. The number of benzene rings is 7. The highest BCUT2D eigenvalue weighted by atomic mass is 15.0. The molecular formula is C69H75N5. The SMILES string of the molecule is C=N.CC(C)(C)c1ccc2c(c1)c1ccccc1n2-c1cccc(C#N)c1-c1c(/C=C/C(=NCC2=CCCC=C2)c2ccccc2)cccc1-n1c2ccccc2c2cc(C(C)(C)C)ccc21.CCC.CCCC. The molecule has 0 atom stereocenters. The molecule has 5 nitrogen and oxygen atoms in total. The number of aromatic nitrogens is 2. The van der Waals surface area contributed by atoms with Gasteiger partial charge in [0.1, 0.15) is 0 Å². The molecule has 2 heterocycles. The quantitative estimate of drug-likeness (QED) is 0.144. The Bertz CT molecular complexity index is 3550. The van der Waals surface area contributed by atoms with E-state index in [0.29, 0.717) is 12.1 Å². The number of fused-ring (bicyclic) bond motifs is 6. The summed E-state index contributed by atoms with van der Waals surface area (Å²) >= 11 is 0. The Morgan fingerprint density at radius 3 is 1.59 bits per heavy atom. The van der Waals surface area contributed by atoms with E-state index < -0.39 is 0 Å². The third-order valence-corrected chi connectivity index (χ3v) is 13.5. The minimum Gasteiger partial charge on any atom is -0.317 e. The summed E-state index contributed by atoms with van der Waals surface area (Å²) in [6, 6.07) is 57.1. The Labute approximate surface area is 441 Å². The number of unbranched alkanes of at least 4 members (excludes halogenated alkanes) is 1. The molecule has 5 heteroatoms. The number of nitrogens with one attached hydrogen (secondary N) is 1. The fourth-order valence-electron chi connectivity index (χ4n) is 9.61. The van der Waals surface area contributed by atoms with Crippen molar-refractivity contribution in [2.45, 2.75) is 112 Å². The Balaban J connectivity index is 0.000000831. The summed E-state index contributed by atoms with van der Waals surface area (Å²) in [6.45, 7) is 25.3. The first kappa shape index (κ1) is 54.0. The highest BCUT2D eigenvalue weighted by Crippen LogP contribution is 2.45. The van der Waals surface area contributed by atoms with Gasteiger partial charge in [-0.2, -0.15) is 5.26 Å². The maximum absolute atomic E-state index is 11.3. The zero-order chi connectivity index (χ0) is 53.0. The molecule has 74 heavy (non-hydrogen) atoms. The van der Waals surface area contributed by atoms with Crippen LogP contribution in [-0.4, -0.2) is 28.1 Å². The molecule has 0 saturated heterocycles. The van der Waals surface area contributed by atoms with Crippen LogP contribution in [0.5, 0.6) is 0 Å². The molecule has 0 aliphatic heterocycles. The van der Waals surface area contributed by atoms with Crippen molar-refractivity contribution in [2.75, 3.05) is 6.54 Å². The van der Waals surface area contributed by atoms with Crippen molar-refractivity contribution in [3.63, 3.8) is 0 Å². The van der Waals surface area contributed by atoms with E-state index >= 15 is 0 Å². The first-order valence-corrected chi connectivity index (χ1v) is 26.6. The molecule has 10 rings (SSSR count). The van der Waals surface area contributed by atoms with Gasteiger partial charge in [0.2, 0.25) is 0 Å². The molecule has 1 aliphatic rings. The van der Waals surface area contributed by atoms with Gasteiger partial charge in [0.25, 0.3) is 0 Å². The molecule has 0 unspecified atom stereocenters. The normalized spacial score (nSPS) is 12.7. The van der Waals surface area contributed by atoms with Crippen LogP contribution in [-0.2, 0) is 10.8 Å². The van der Waals surface area contributed by atoms with Crippen LogP contribution in [0.15, 0.2) is 187 Å². The lowest BCUT2D eigenvalue weighted by atomic mass is 9.86. The second-order valence-electron chi connectivity index (χ2n) is 21.1. The molecule has 0 saturated carbocycles. The second kappa shape index (κ2) is 24.3. The minimum absolute atomic E-state index is 0.0221. The second-order valence-corrected chi connectivity index (χ2v) is 21.1. The molecule has 0 spiro atoms. The zero-order valence-electron chi connectivity index (χ0n) is 45.6. The number of aliphatic imine (C=N–C) groups is 1. The van der Waals surface area contributed by atoms with E-state index in [0.717, 1.165) is 74.2 Å². The van der Waals surface area contributed by atoms with Gasteiger partial charge in [-0.25, -0.2) is 0 Å². The maximum atomic E-state index is 11.3. The highest BCUT2D eigenvalue weighted by Gasteiger charge is 2.26. The number of para-hydroxylation sites is 2. The van der Waals surface area contributed by atoms with Crippen LogP contribution in [0, 0.1) is 16.7 Å². The molecule has 0 bridgehead atoms. The van der Waals surface area contributed by atoms with Crippen LogP contribution in [0.1, 0.15) is 129 Å². The van der Waals surface area contributed by atoms with Crippen LogP contribution >= 0.6 is 0 Å². The van der Waals surface area contributed by atoms with Gasteiger partial charge in [-0.05, 0) is 119 Å². The number of allylic oxidation sites excluding steroid dienone is 3. The molecule has 7 aromatic carbocycles. The highest BCUT2D eigenvalue weighted by molar-refractivity contribution is 6.14. The minimum atomic E-state index is -0.0225. The number of hydrogen-bond acceptors (Lipinski definition) is 3. The molecule has 0 fully saturated rings. The lowest BCUT2D eigenvalue weighted by molar-refractivity contribution is 0.591. The lowest BCUT2D eigenvalue weighted by Crippen LogP contribution is -2.10. The van der Waals surface area contributed by atoms with Crippen molar-refractivity contribution in [1.29, 1.82) is 10.7 Å². The van der Waals surface area contributed by atoms with Gasteiger partial charge < -0.3 is 14.5 Å². The van der Waals surface area contributed by atoms with E-state index in [1.54, 1.807) is 0 Å². The Kier molecular flexibility index (Phi) is 17.7. The smallest absolute Gasteiger partial charge is 0.0998 e. The molecule has 1 N–H and O–H groups in total. The van der Waals surface area contributed by atoms with Crippen molar-refractivity contribution in [3.05, 3.63) is 209 Å². The Morgan fingerprint density at radius 1 is 0.595 bits per heavy atom. The number of rotatable bonds is 9. The fourth-order valence-corrected chi connectivity index (χ4v) is 9.61. The van der Waals surface area contributed by atoms with Gasteiger partial charge in [-0.15, -0.1) is 0 Å². The molecular weight excluding hydrogens is 899 g/mol. The third kappa shape index (κ3) is 11.5. The van der Waals surface area contributed by atoms with E-state index in [1.165, 1.54) is 57.5 Å². The predicted octanol–water partition coefficient (Wildman–Crippen LogP) is 19.3. The van der Waals surface area contributed by atoms with E-state index in [4.69, 9.17) is 10.4 Å². The number of nitrogens with zero attached hydrogens (tertiary/aromatic N) is 4. The van der Waals surface area contributed by atoms with Gasteiger partial charge in [0, 0.05) is 32.7 Å². The topological polar surface area (TPSA) is 69.9 Å². The van der Waals surface area contributed by atoms with Crippen LogP contribution in [0.25, 0.3) is 72.2 Å². The first-order chi connectivity index (χ1) is 35.8. The van der Waals surface area contributed by atoms with Gasteiger partial charge in [-0.1, -0.05) is 210 Å². The van der Waals surface area contributed by atoms with E-state index in [2.05, 4.69) is 255 Å². The fraction of sp³-hybridized carbons (Fsp3) is 0.261. The zero-order valence-corrected chi connectivity index (χ0v) is 45.6. The lowest BCUT2D eigenvalue weighted by Gasteiger charge is -2.22. The van der Waals surface area contributed by atoms with Crippen molar-refractivity contribution >= 4 is 62.1 Å². The van der Waals surface area contributed by atoms with Crippen LogP contribution in [0.3, 0.4) is 0 Å². The summed E-state index contributed by atoms with van der Waals surface area (Å²) in [4.78, 5) is 5.25. The standard InChI is InChI=1S/C61H54N4.C4H10.C3H8.CH3N/c1-60(2,3)45-32-35-54-49(37-45)47-25-13-15-27-52(47)64(54)56-29-17-23-43(31-34-51(42-21-11-8-12-22-42)63-40-41-19-9-7-10-20-41)58(56)59-44(39-62)24-18-30-57(59)65-53-28-16-14-26-48(53)50-38-46(61(4,5)6)33-36-55(50)65;1-3-4-2;1-3-2;1-2/h8-9,11-38H,7,10,40H2,1-6H3;3-4H2,1-2H3;3H2,1-2H3;2H,1H2/b34-31+,63-51?;;;. The number of hydrogen-bond donors (Lipinski definition) is 1. The van der Waals surface area contributed by atoms with E-state index in [1.807, 2.05) is 18.2 Å². The van der Waals surface area contributed by atoms with Crippen LogP contribution < -0.4 is 0 Å². The summed E-state index contributed by atoms with van der Waals surface area (Å²) in [5.74, 6) is 0. The summed E-state index contributed by atoms with van der Waals surface area (Å²) in [5.41, 5.74) is 15.5. The number of nitriles is 1. The summed E-state index contributed by atoms with van der Waals surface area (Å²) in [6.07, 6.45) is 17.1. The van der Waals surface area contributed by atoms with Gasteiger partial charge in [-0.3, -0.25) is 4.99 Å². The van der Waals surface area contributed by atoms with E-state index in [-0.39, 0.29) is 10.8 Å². The Hall–Kier alpha value is -7.81. The van der Waals surface area contributed by atoms with Gasteiger partial charge in [0.05, 0.1) is 57.3 Å². The molecule has 1 aliphatic carbocycles. The van der Waals surface area contributed by atoms with Crippen molar-refractivity contribution in [2.24, 2.45) is 4.99 Å². The first-order valence-electron chi connectivity index (χ1n) is 26.6. The van der Waals surface area contributed by atoms with Crippen LogP contribution in [0.2, 0.25) is 0 Å². The van der Waals surface area contributed by atoms with Crippen LogP contribution in [0.4, 0.5) is 0 Å². The molecule has 9 aromatic rings. The molecule has 376 valence electrons. The largest absolute Gasteiger partial charge is 0.317 e. The van der Waals surface area contributed by atoms with Crippen molar-refractivity contribution < 1.29 is 0 Å². The molecule has 2 aromatic heterocycles. The maximum Gasteiger partial charge on any atom is 0.0998 e. The van der Waals surface area contributed by atoms with Crippen molar-refractivity contribution in [3.8, 4) is 28.6 Å². The van der Waals surface area contributed by atoms with E-state index in [9.17, 15) is 5.26 Å². The molecule has 0 radical (unpaired) electrons. The Morgan fingerprint density at radius 2 is 1.09 bits per heavy atom. The monoisotopic (exact) mass is 974 g/mol. The van der Waals surface area contributed by atoms with Gasteiger partial charge >= 0.3 is 0 Å². The predicted molar refractivity (Wildman–Crippen MR) is 322 cm³/mol. The molecule has 0 amide bonds. The van der Waals surface area contributed by atoms with Gasteiger partial charge in [0.15, 0.2) is 0 Å². The summed E-state index contributed by atoms with van der Waals surface area (Å²) in [7, 11) is 0.